The van der Waals surface area contributed by atoms with Crippen molar-refractivity contribution in [1.82, 2.24) is 5.43 Å². The van der Waals surface area contributed by atoms with E-state index in [-0.39, 0.29) is 12.5 Å². The molecule has 0 aliphatic rings. The monoisotopic (exact) mass is 448 g/mol. The Hall–Kier alpha value is -1.31. The Labute approximate surface area is 151 Å². The SMILES string of the molecule is O=C(COc1ccc(Cl)cc1Cl)NN=Cc1ccccc1I. The third-order valence-corrected chi connectivity index (χ3v) is 4.06. The summed E-state index contributed by atoms with van der Waals surface area (Å²) in [6.07, 6.45) is 1.58. The molecule has 2 rings (SSSR count). The molecule has 0 atom stereocenters. The smallest absolute Gasteiger partial charge is 0.277 e. The van der Waals surface area contributed by atoms with Crippen molar-refractivity contribution < 1.29 is 9.53 Å². The summed E-state index contributed by atoms with van der Waals surface area (Å²) in [5.41, 5.74) is 3.31. The van der Waals surface area contributed by atoms with E-state index in [0.717, 1.165) is 9.13 Å². The summed E-state index contributed by atoms with van der Waals surface area (Å²) in [5, 5.41) is 4.74. The Morgan fingerprint density at radius 2 is 2.05 bits per heavy atom. The normalized spacial score (nSPS) is 10.7. The van der Waals surface area contributed by atoms with Crippen LogP contribution in [-0.4, -0.2) is 18.7 Å². The average molecular weight is 449 g/mol. The van der Waals surface area contributed by atoms with Crippen LogP contribution in [0.4, 0.5) is 0 Å². The largest absolute Gasteiger partial charge is 0.482 e. The first-order chi connectivity index (χ1) is 10.6. The highest BCUT2D eigenvalue weighted by Gasteiger charge is 2.05. The molecule has 22 heavy (non-hydrogen) atoms. The summed E-state index contributed by atoms with van der Waals surface area (Å²) < 4.78 is 6.35. The molecule has 0 spiro atoms. The van der Waals surface area contributed by atoms with Gasteiger partial charge in [0.25, 0.3) is 5.91 Å². The molecule has 114 valence electrons. The fourth-order valence-corrected chi connectivity index (χ4v) is 2.51. The van der Waals surface area contributed by atoms with E-state index in [2.05, 4.69) is 33.1 Å². The van der Waals surface area contributed by atoms with E-state index in [9.17, 15) is 4.79 Å². The molecule has 0 aliphatic carbocycles. The van der Waals surface area contributed by atoms with Crippen molar-refractivity contribution in [3.8, 4) is 5.75 Å². The van der Waals surface area contributed by atoms with E-state index in [1.807, 2.05) is 24.3 Å². The summed E-state index contributed by atoms with van der Waals surface area (Å²) in [6, 6.07) is 12.5. The van der Waals surface area contributed by atoms with Crippen LogP contribution in [0.3, 0.4) is 0 Å². The van der Waals surface area contributed by atoms with Gasteiger partial charge in [0.15, 0.2) is 6.61 Å². The molecule has 0 radical (unpaired) electrons. The molecular formula is C15H11Cl2IN2O2. The predicted octanol–water partition coefficient (Wildman–Crippen LogP) is 4.13. The highest BCUT2D eigenvalue weighted by Crippen LogP contribution is 2.27. The zero-order valence-electron chi connectivity index (χ0n) is 11.2. The van der Waals surface area contributed by atoms with Gasteiger partial charge >= 0.3 is 0 Å². The molecule has 1 amide bonds. The van der Waals surface area contributed by atoms with Gasteiger partial charge in [0, 0.05) is 14.2 Å². The summed E-state index contributed by atoms with van der Waals surface area (Å²) in [4.78, 5) is 11.6. The van der Waals surface area contributed by atoms with E-state index < -0.39 is 0 Å². The minimum absolute atomic E-state index is 0.190. The minimum atomic E-state index is -0.381. The van der Waals surface area contributed by atoms with Crippen LogP contribution in [0, 0.1) is 3.57 Å². The second-order valence-electron chi connectivity index (χ2n) is 4.18. The van der Waals surface area contributed by atoms with Gasteiger partial charge in [-0.3, -0.25) is 4.79 Å². The average Bonchev–Trinajstić information content (AvgIpc) is 2.48. The fraction of sp³-hybridized carbons (Fsp3) is 0.0667. The number of hydrazone groups is 1. The lowest BCUT2D eigenvalue weighted by atomic mass is 10.2. The molecule has 2 aromatic rings. The van der Waals surface area contributed by atoms with Crippen LogP contribution < -0.4 is 10.2 Å². The molecule has 0 saturated carbocycles. The zero-order chi connectivity index (χ0) is 15.9. The lowest BCUT2D eigenvalue weighted by molar-refractivity contribution is -0.123. The van der Waals surface area contributed by atoms with E-state index in [4.69, 9.17) is 27.9 Å². The number of amides is 1. The molecule has 0 unspecified atom stereocenters. The first kappa shape index (κ1) is 17.1. The summed E-state index contributed by atoms with van der Waals surface area (Å²) in [6.45, 7) is -0.190. The quantitative estimate of drug-likeness (QED) is 0.424. The van der Waals surface area contributed by atoms with Crippen LogP contribution in [0.1, 0.15) is 5.56 Å². The molecule has 0 heterocycles. The second kappa shape index (κ2) is 8.36. The van der Waals surface area contributed by atoms with Gasteiger partial charge in [0.2, 0.25) is 0 Å². The maximum atomic E-state index is 11.6. The number of carbonyl (C=O) groups excluding carboxylic acids is 1. The van der Waals surface area contributed by atoms with Gasteiger partial charge < -0.3 is 4.74 Å². The van der Waals surface area contributed by atoms with Crippen molar-refractivity contribution in [2.24, 2.45) is 5.10 Å². The molecule has 4 nitrogen and oxygen atoms in total. The summed E-state index contributed by atoms with van der Waals surface area (Å²) >= 11 is 13.9. The van der Waals surface area contributed by atoms with Crippen LogP contribution in [0.2, 0.25) is 10.0 Å². The maximum absolute atomic E-state index is 11.6. The van der Waals surface area contributed by atoms with Crippen LogP contribution >= 0.6 is 45.8 Å². The molecule has 0 bridgehead atoms. The van der Waals surface area contributed by atoms with Crippen molar-refractivity contribution in [3.63, 3.8) is 0 Å². The van der Waals surface area contributed by atoms with Gasteiger partial charge in [0.05, 0.1) is 11.2 Å². The number of nitrogens with one attached hydrogen (secondary N) is 1. The topological polar surface area (TPSA) is 50.7 Å². The van der Waals surface area contributed by atoms with Crippen LogP contribution in [0.15, 0.2) is 47.6 Å². The van der Waals surface area contributed by atoms with Crippen molar-refractivity contribution in [2.45, 2.75) is 0 Å². The zero-order valence-corrected chi connectivity index (χ0v) is 14.9. The number of benzene rings is 2. The van der Waals surface area contributed by atoms with E-state index >= 15 is 0 Å². The van der Waals surface area contributed by atoms with Crippen molar-refractivity contribution in [1.29, 1.82) is 0 Å². The number of hydrogen-bond acceptors (Lipinski definition) is 3. The minimum Gasteiger partial charge on any atom is -0.482 e. The summed E-state index contributed by atoms with van der Waals surface area (Å²) in [7, 11) is 0. The molecule has 0 fully saturated rings. The highest BCUT2D eigenvalue weighted by atomic mass is 127. The number of halogens is 3. The maximum Gasteiger partial charge on any atom is 0.277 e. The number of hydrogen-bond donors (Lipinski definition) is 1. The molecule has 0 saturated heterocycles. The number of rotatable bonds is 5. The first-order valence-electron chi connectivity index (χ1n) is 6.20. The van der Waals surface area contributed by atoms with E-state index in [1.165, 1.54) is 0 Å². The van der Waals surface area contributed by atoms with Crippen LogP contribution in [0.5, 0.6) is 5.75 Å². The van der Waals surface area contributed by atoms with Crippen molar-refractivity contribution >= 4 is 57.9 Å². The Morgan fingerprint density at radius 3 is 2.77 bits per heavy atom. The third kappa shape index (κ3) is 5.15. The van der Waals surface area contributed by atoms with Gasteiger partial charge in [-0.15, -0.1) is 0 Å². The number of nitrogens with zero attached hydrogens (tertiary/aromatic N) is 1. The molecule has 7 heteroatoms. The lowest BCUT2D eigenvalue weighted by Crippen LogP contribution is -2.24. The van der Waals surface area contributed by atoms with E-state index in [0.29, 0.717) is 15.8 Å². The Balaban J connectivity index is 1.84. The molecular weight excluding hydrogens is 438 g/mol. The standard InChI is InChI=1S/C15H11Cl2IN2O2/c16-11-5-6-14(12(17)7-11)22-9-15(21)20-19-8-10-3-1-2-4-13(10)18/h1-8H,9H2,(H,20,21). The summed E-state index contributed by atoms with van der Waals surface area (Å²) in [5.74, 6) is 0.0102. The molecule has 0 aliphatic heterocycles. The van der Waals surface area contributed by atoms with Crippen LogP contribution in [-0.2, 0) is 4.79 Å². The molecule has 0 aromatic heterocycles. The van der Waals surface area contributed by atoms with E-state index in [1.54, 1.807) is 24.4 Å². The second-order valence-corrected chi connectivity index (χ2v) is 6.18. The number of carbonyl (C=O) groups is 1. The van der Waals surface area contributed by atoms with Crippen molar-refractivity contribution in [3.05, 3.63) is 61.6 Å². The first-order valence-corrected chi connectivity index (χ1v) is 8.04. The van der Waals surface area contributed by atoms with Gasteiger partial charge in [0.1, 0.15) is 5.75 Å². The molecule has 2 aromatic carbocycles. The van der Waals surface area contributed by atoms with Gasteiger partial charge in [-0.2, -0.15) is 5.10 Å². The highest BCUT2D eigenvalue weighted by molar-refractivity contribution is 14.1. The van der Waals surface area contributed by atoms with Gasteiger partial charge in [-0.1, -0.05) is 41.4 Å². The van der Waals surface area contributed by atoms with Crippen LogP contribution in [0.25, 0.3) is 0 Å². The predicted molar refractivity (Wildman–Crippen MR) is 96.9 cm³/mol. The number of ether oxygens (including phenoxy) is 1. The Bertz CT molecular complexity index is 708. The molecule has 1 N–H and O–H groups in total. The van der Waals surface area contributed by atoms with Gasteiger partial charge in [-0.05, 0) is 46.9 Å². The Kier molecular flexibility index (Phi) is 6.48. The van der Waals surface area contributed by atoms with Gasteiger partial charge in [-0.25, -0.2) is 5.43 Å². The lowest BCUT2D eigenvalue weighted by Gasteiger charge is -2.07. The third-order valence-electron chi connectivity index (χ3n) is 2.55. The van der Waals surface area contributed by atoms with Crippen molar-refractivity contribution in [2.75, 3.05) is 6.61 Å². The Morgan fingerprint density at radius 1 is 1.27 bits per heavy atom. The fourth-order valence-electron chi connectivity index (χ4n) is 1.52.